The average Bonchev–Trinajstić information content (AvgIpc) is 1.73. The lowest BCUT2D eigenvalue weighted by Crippen LogP contribution is -2.27. The van der Waals surface area contributed by atoms with Crippen molar-refractivity contribution in [1.82, 2.24) is 0 Å². The fourth-order valence-corrected chi connectivity index (χ4v) is 2.38. The summed E-state index contributed by atoms with van der Waals surface area (Å²) in [5, 5.41) is 0.215. The van der Waals surface area contributed by atoms with Gasteiger partial charge in [-0.05, 0) is 24.6 Å². The minimum atomic E-state index is 0.108. The predicted octanol–water partition coefficient (Wildman–Crippen LogP) is 0.813. The molecule has 0 spiro atoms. The van der Waals surface area contributed by atoms with Crippen LogP contribution in [0.15, 0.2) is 0 Å². The van der Waals surface area contributed by atoms with Crippen molar-refractivity contribution in [2.75, 3.05) is 0 Å². The van der Waals surface area contributed by atoms with E-state index in [1.165, 1.54) is 0 Å². The van der Waals surface area contributed by atoms with Crippen LogP contribution in [0.3, 0.4) is 0 Å². The first-order chi connectivity index (χ1) is 4.29. The lowest BCUT2D eigenvalue weighted by atomic mass is 9.76. The number of thioether (sulfide) groups is 1. The molecule has 9 heavy (non-hydrogen) atoms. The van der Waals surface area contributed by atoms with E-state index in [1.54, 1.807) is 0 Å². The number of carbonyl (C=O) groups is 2. The quantitative estimate of drug-likeness (QED) is 0.502. The summed E-state index contributed by atoms with van der Waals surface area (Å²) < 4.78 is 0. The Kier molecular flexibility index (Phi) is 0.970. The van der Waals surface area contributed by atoms with Gasteiger partial charge in [0.15, 0.2) is 10.2 Å². The highest BCUT2D eigenvalue weighted by Gasteiger charge is 2.48. The van der Waals surface area contributed by atoms with E-state index in [0.29, 0.717) is 0 Å². The van der Waals surface area contributed by atoms with Crippen molar-refractivity contribution in [2.24, 2.45) is 11.8 Å². The fourth-order valence-electron chi connectivity index (χ4n) is 1.31. The van der Waals surface area contributed by atoms with Crippen LogP contribution in [-0.4, -0.2) is 10.2 Å². The maximum Gasteiger partial charge on any atom is 0.200 e. The van der Waals surface area contributed by atoms with Gasteiger partial charge in [-0.15, -0.1) is 0 Å². The summed E-state index contributed by atoms with van der Waals surface area (Å²) in [5.74, 6) is 0.227. The van der Waals surface area contributed by atoms with Crippen molar-refractivity contribution in [2.45, 2.75) is 12.8 Å². The van der Waals surface area contributed by atoms with Gasteiger partial charge >= 0.3 is 0 Å². The normalized spacial score (nSPS) is 40.4. The molecule has 1 saturated heterocycles. The van der Waals surface area contributed by atoms with Crippen molar-refractivity contribution in [3.63, 3.8) is 0 Å². The van der Waals surface area contributed by atoms with Crippen molar-refractivity contribution in [3.05, 3.63) is 0 Å². The van der Waals surface area contributed by atoms with E-state index in [9.17, 15) is 9.59 Å². The van der Waals surface area contributed by atoms with Crippen molar-refractivity contribution in [1.29, 1.82) is 0 Å². The Morgan fingerprint density at radius 2 is 1.56 bits per heavy atom. The number of rotatable bonds is 0. The summed E-state index contributed by atoms with van der Waals surface area (Å²) >= 11 is 0.921. The molecular formula is C6H6O2S. The van der Waals surface area contributed by atoms with Crippen LogP contribution in [-0.2, 0) is 9.59 Å². The molecule has 0 radical (unpaired) electrons. The predicted molar refractivity (Wildman–Crippen MR) is 33.8 cm³/mol. The largest absolute Gasteiger partial charge is 0.286 e. The van der Waals surface area contributed by atoms with Crippen LogP contribution in [0.5, 0.6) is 0 Å². The van der Waals surface area contributed by atoms with Crippen molar-refractivity contribution in [3.8, 4) is 0 Å². The molecule has 2 nitrogen and oxygen atoms in total. The third kappa shape index (κ3) is 0.582. The molecule has 2 atom stereocenters. The minimum absolute atomic E-state index is 0.108. The van der Waals surface area contributed by atoms with Gasteiger partial charge in [0.05, 0.1) is 0 Å². The molecule has 1 aliphatic heterocycles. The molecule has 0 aromatic carbocycles. The van der Waals surface area contributed by atoms with Crippen LogP contribution in [0, 0.1) is 11.8 Å². The molecule has 2 rings (SSSR count). The van der Waals surface area contributed by atoms with Crippen molar-refractivity contribution >= 4 is 22.0 Å². The first-order valence-corrected chi connectivity index (χ1v) is 3.86. The standard InChI is InChI=1S/C6H6O2S/c7-5-3-1-2-4(3)6(8)9-5/h3-4H,1-2H2. The molecule has 2 unspecified atom stereocenters. The molecule has 2 fully saturated rings. The van der Waals surface area contributed by atoms with E-state index in [4.69, 9.17) is 0 Å². The lowest BCUT2D eigenvalue weighted by molar-refractivity contribution is -0.123. The zero-order valence-electron chi connectivity index (χ0n) is 4.79. The van der Waals surface area contributed by atoms with Crippen LogP contribution in [0.4, 0.5) is 0 Å². The first-order valence-electron chi connectivity index (χ1n) is 3.04. The van der Waals surface area contributed by atoms with Crippen LogP contribution in [0.25, 0.3) is 0 Å². The van der Waals surface area contributed by atoms with Gasteiger partial charge in [-0.2, -0.15) is 0 Å². The van der Waals surface area contributed by atoms with E-state index in [0.717, 1.165) is 24.6 Å². The Balaban J connectivity index is 2.26. The number of fused-ring (bicyclic) bond motifs is 1. The summed E-state index contributed by atoms with van der Waals surface area (Å²) in [7, 11) is 0. The highest BCUT2D eigenvalue weighted by Crippen LogP contribution is 2.46. The highest BCUT2D eigenvalue weighted by molar-refractivity contribution is 8.26. The molecule has 2 aliphatic rings. The Hall–Kier alpha value is -0.310. The Labute approximate surface area is 57.0 Å². The molecular weight excluding hydrogens is 136 g/mol. The monoisotopic (exact) mass is 142 g/mol. The summed E-state index contributed by atoms with van der Waals surface area (Å²) in [6.45, 7) is 0. The maximum atomic E-state index is 10.8. The molecule has 1 heterocycles. The zero-order chi connectivity index (χ0) is 6.43. The number of hydrogen-bond donors (Lipinski definition) is 0. The number of hydrogen-bond acceptors (Lipinski definition) is 3. The van der Waals surface area contributed by atoms with Gasteiger partial charge in [0, 0.05) is 11.8 Å². The van der Waals surface area contributed by atoms with Crippen LogP contribution in [0.2, 0.25) is 0 Å². The van der Waals surface area contributed by atoms with Gasteiger partial charge in [0.25, 0.3) is 0 Å². The van der Waals surface area contributed by atoms with Gasteiger partial charge in [0.1, 0.15) is 0 Å². The van der Waals surface area contributed by atoms with E-state index < -0.39 is 0 Å². The number of carbonyl (C=O) groups excluding carboxylic acids is 2. The Morgan fingerprint density at radius 3 is 1.78 bits per heavy atom. The van der Waals surface area contributed by atoms with Gasteiger partial charge in [0.2, 0.25) is 0 Å². The van der Waals surface area contributed by atoms with E-state index in [-0.39, 0.29) is 22.1 Å². The minimum Gasteiger partial charge on any atom is -0.286 e. The molecule has 0 aromatic rings. The Morgan fingerprint density at radius 1 is 1.11 bits per heavy atom. The molecule has 3 heteroatoms. The van der Waals surface area contributed by atoms with Crippen LogP contribution < -0.4 is 0 Å². The molecule has 0 aromatic heterocycles. The van der Waals surface area contributed by atoms with Gasteiger partial charge < -0.3 is 0 Å². The second kappa shape index (κ2) is 1.59. The second-order valence-corrected chi connectivity index (χ2v) is 3.54. The summed E-state index contributed by atoms with van der Waals surface area (Å²) in [6.07, 6.45) is 1.89. The molecule has 1 saturated carbocycles. The summed E-state index contributed by atoms with van der Waals surface area (Å²) in [6, 6.07) is 0. The first kappa shape index (κ1) is 5.47. The van der Waals surface area contributed by atoms with E-state index in [1.807, 2.05) is 0 Å². The molecule has 0 bridgehead atoms. The summed E-state index contributed by atoms with van der Waals surface area (Å²) in [5.41, 5.74) is 0. The molecule has 1 aliphatic carbocycles. The average molecular weight is 142 g/mol. The topological polar surface area (TPSA) is 34.1 Å². The van der Waals surface area contributed by atoms with Crippen LogP contribution >= 0.6 is 11.8 Å². The third-order valence-corrected chi connectivity index (χ3v) is 3.09. The van der Waals surface area contributed by atoms with E-state index >= 15 is 0 Å². The second-order valence-electron chi connectivity index (χ2n) is 2.53. The molecule has 0 N–H and O–H groups in total. The SMILES string of the molecule is O=C1SC(=O)C2CCC12. The maximum absolute atomic E-state index is 10.8. The Bertz CT molecular complexity index is 167. The summed E-state index contributed by atoms with van der Waals surface area (Å²) in [4.78, 5) is 21.6. The van der Waals surface area contributed by atoms with Crippen molar-refractivity contribution < 1.29 is 9.59 Å². The highest BCUT2D eigenvalue weighted by atomic mass is 32.2. The van der Waals surface area contributed by atoms with Gasteiger partial charge in [-0.1, -0.05) is 0 Å². The molecule has 48 valence electrons. The third-order valence-electron chi connectivity index (χ3n) is 2.08. The van der Waals surface area contributed by atoms with E-state index in [2.05, 4.69) is 0 Å². The van der Waals surface area contributed by atoms with Gasteiger partial charge in [-0.3, -0.25) is 9.59 Å². The van der Waals surface area contributed by atoms with Crippen LogP contribution in [0.1, 0.15) is 12.8 Å². The fraction of sp³-hybridized carbons (Fsp3) is 0.667. The smallest absolute Gasteiger partial charge is 0.200 e. The lowest BCUT2D eigenvalue weighted by Gasteiger charge is -2.25. The zero-order valence-corrected chi connectivity index (χ0v) is 5.61. The van der Waals surface area contributed by atoms with Gasteiger partial charge in [-0.25, -0.2) is 0 Å². The molecule has 0 amide bonds.